The van der Waals surface area contributed by atoms with Crippen molar-refractivity contribution in [2.24, 2.45) is 23.7 Å². The van der Waals surface area contributed by atoms with Crippen molar-refractivity contribution in [2.45, 2.75) is 134 Å². The van der Waals surface area contributed by atoms with E-state index in [0.717, 1.165) is 0 Å². The van der Waals surface area contributed by atoms with Gasteiger partial charge < -0.3 is 53.6 Å². The van der Waals surface area contributed by atoms with Crippen molar-refractivity contribution in [2.75, 3.05) is 20.8 Å². The van der Waals surface area contributed by atoms with Crippen LogP contribution in [0.2, 0.25) is 0 Å². The summed E-state index contributed by atoms with van der Waals surface area (Å²) >= 11 is 0. The predicted octanol–water partition coefficient (Wildman–Crippen LogP) is 2.23. The Kier molecular flexibility index (Phi) is 15.6. The highest BCUT2D eigenvalue weighted by Crippen LogP contribution is 2.36. The highest BCUT2D eigenvalue weighted by molar-refractivity contribution is 5.91. The molecular weight excluding hydrogens is 640 g/mol. The topological polar surface area (TPSA) is 180 Å². The second kappa shape index (κ2) is 18.5. The van der Waals surface area contributed by atoms with Gasteiger partial charge in [0.1, 0.15) is 36.1 Å². The SMILES string of the molecule is CO[C@@H]1[C@H](O)[C@@H](C)O[C@@H](OCC2/C=C/C=C/C(=O)[C@H](C)C[C@H](C)[C@H](OC3OC(C)C[C@](O)([C@H](C)O)[C@H]3O)C(C)/C=C/C(=O)O[C@@H]2C)[C@@H]1OC. The Hall–Kier alpha value is -2.04. The Bertz CT molecular complexity index is 1160. The van der Waals surface area contributed by atoms with Crippen molar-refractivity contribution in [3.05, 3.63) is 36.5 Å². The van der Waals surface area contributed by atoms with Gasteiger partial charge in [0.05, 0.1) is 31.0 Å². The van der Waals surface area contributed by atoms with E-state index in [1.165, 1.54) is 33.3 Å². The van der Waals surface area contributed by atoms with Crippen molar-refractivity contribution < 1.29 is 63.2 Å². The second-order valence-corrected chi connectivity index (χ2v) is 14.0. The Morgan fingerprint density at radius 3 is 2.20 bits per heavy atom. The van der Waals surface area contributed by atoms with E-state index in [2.05, 4.69) is 0 Å². The van der Waals surface area contributed by atoms with E-state index in [0.29, 0.717) is 6.42 Å². The molecule has 3 rings (SSSR count). The standard InChI is InChI=1S/C36H58O13/c1-19-14-15-28(39)47-23(5)26(18-45-34-32(44-9)31(43-8)29(40)24(6)48-34)12-10-11-13-27(38)20(2)16-21(3)30(19)49-35-33(41)36(42,25(7)37)17-22(4)46-35/h10-15,19-26,29-35,37,40-42H,16-18H2,1-9H3/b12-10+,13-11+,15-14+/t19?,20-,21+,22?,23-,24-,25+,26?,29-,30-,31-,32-,33+,34-,35?,36+/m1/s1. The Morgan fingerprint density at radius 1 is 0.898 bits per heavy atom. The fourth-order valence-electron chi connectivity index (χ4n) is 6.80. The minimum atomic E-state index is -1.84. The van der Waals surface area contributed by atoms with Crippen LogP contribution in [0.4, 0.5) is 0 Å². The van der Waals surface area contributed by atoms with Crippen LogP contribution in [0, 0.1) is 23.7 Å². The monoisotopic (exact) mass is 698 g/mol. The van der Waals surface area contributed by atoms with Crippen LogP contribution in [0.1, 0.15) is 61.3 Å². The summed E-state index contributed by atoms with van der Waals surface area (Å²) < 4.78 is 41.0. The van der Waals surface area contributed by atoms with Crippen LogP contribution in [0.15, 0.2) is 36.5 Å². The first-order valence-corrected chi connectivity index (χ1v) is 17.2. The molecule has 280 valence electrons. The van der Waals surface area contributed by atoms with E-state index < -0.39 is 90.9 Å². The lowest BCUT2D eigenvalue weighted by Crippen LogP contribution is -2.63. The molecule has 0 amide bonds. The van der Waals surface area contributed by atoms with E-state index >= 15 is 0 Å². The lowest BCUT2D eigenvalue weighted by molar-refractivity contribution is -0.322. The maximum Gasteiger partial charge on any atom is 0.330 e. The zero-order chi connectivity index (χ0) is 36.6. The van der Waals surface area contributed by atoms with Crippen LogP contribution in [-0.4, -0.2) is 126 Å². The van der Waals surface area contributed by atoms with Gasteiger partial charge in [0.25, 0.3) is 0 Å². The maximum atomic E-state index is 13.1. The third-order valence-electron chi connectivity index (χ3n) is 9.98. The molecule has 13 nitrogen and oxygen atoms in total. The molecule has 3 heterocycles. The van der Waals surface area contributed by atoms with Crippen LogP contribution in [0.25, 0.3) is 0 Å². The van der Waals surface area contributed by atoms with E-state index in [4.69, 9.17) is 33.2 Å². The van der Waals surface area contributed by atoms with Gasteiger partial charge in [-0.05, 0) is 46.1 Å². The highest BCUT2D eigenvalue weighted by Gasteiger charge is 2.52. The summed E-state index contributed by atoms with van der Waals surface area (Å²) in [5, 5.41) is 42.9. The minimum Gasteiger partial charge on any atom is -0.459 e. The van der Waals surface area contributed by atoms with Crippen LogP contribution >= 0.6 is 0 Å². The first-order valence-electron chi connectivity index (χ1n) is 17.2. The van der Waals surface area contributed by atoms with Crippen molar-refractivity contribution in [3.63, 3.8) is 0 Å². The number of ether oxygens (including phenoxy) is 7. The quantitative estimate of drug-likeness (QED) is 0.272. The van der Waals surface area contributed by atoms with Crippen molar-refractivity contribution in [1.29, 1.82) is 0 Å². The van der Waals surface area contributed by atoms with Gasteiger partial charge in [-0.3, -0.25) is 4.79 Å². The number of cyclic esters (lactones) is 1. The smallest absolute Gasteiger partial charge is 0.330 e. The average molecular weight is 699 g/mol. The Morgan fingerprint density at radius 2 is 1.57 bits per heavy atom. The summed E-state index contributed by atoms with van der Waals surface area (Å²) in [5.41, 5.74) is -1.84. The van der Waals surface area contributed by atoms with Gasteiger partial charge in [0.15, 0.2) is 18.4 Å². The van der Waals surface area contributed by atoms with E-state index in [9.17, 15) is 30.0 Å². The Balaban J connectivity index is 1.83. The molecule has 2 saturated heterocycles. The van der Waals surface area contributed by atoms with Crippen molar-refractivity contribution in [3.8, 4) is 0 Å². The van der Waals surface area contributed by atoms with E-state index in [-0.39, 0.29) is 30.6 Å². The summed E-state index contributed by atoms with van der Waals surface area (Å²) in [6.07, 6.45) is 0.362. The first kappa shape index (κ1) is 41.4. The summed E-state index contributed by atoms with van der Waals surface area (Å²) in [5.74, 6) is -2.21. The number of esters is 1. The van der Waals surface area contributed by atoms with Crippen LogP contribution < -0.4 is 0 Å². The largest absolute Gasteiger partial charge is 0.459 e. The summed E-state index contributed by atoms with van der Waals surface area (Å²) in [6.45, 7) is 12.2. The van der Waals surface area contributed by atoms with Gasteiger partial charge in [-0.1, -0.05) is 45.1 Å². The number of methoxy groups -OCH3 is 2. The van der Waals surface area contributed by atoms with Gasteiger partial charge in [0.2, 0.25) is 0 Å². The van der Waals surface area contributed by atoms with Crippen molar-refractivity contribution in [1.82, 2.24) is 0 Å². The number of carbonyl (C=O) groups excluding carboxylic acids is 2. The summed E-state index contributed by atoms with van der Waals surface area (Å²) in [4.78, 5) is 26.2. The summed E-state index contributed by atoms with van der Waals surface area (Å²) in [7, 11) is 2.95. The molecule has 0 bridgehead atoms. The molecule has 0 radical (unpaired) electrons. The lowest BCUT2D eigenvalue weighted by Gasteiger charge is -2.47. The number of allylic oxidation sites excluding steroid dienone is 3. The molecule has 0 spiro atoms. The van der Waals surface area contributed by atoms with Gasteiger partial charge >= 0.3 is 5.97 Å². The van der Waals surface area contributed by atoms with Crippen LogP contribution in [-0.2, 0) is 42.7 Å². The van der Waals surface area contributed by atoms with Crippen molar-refractivity contribution >= 4 is 11.8 Å². The molecule has 49 heavy (non-hydrogen) atoms. The highest BCUT2D eigenvalue weighted by atomic mass is 16.7. The number of hydrogen-bond donors (Lipinski definition) is 4. The molecular formula is C36H58O13. The molecule has 0 saturated carbocycles. The third-order valence-corrected chi connectivity index (χ3v) is 9.98. The first-order chi connectivity index (χ1) is 23.0. The number of ketones is 1. The number of rotatable bonds is 8. The second-order valence-electron chi connectivity index (χ2n) is 14.0. The van der Waals surface area contributed by atoms with Crippen LogP contribution in [0.5, 0.6) is 0 Å². The molecule has 13 heteroatoms. The third kappa shape index (κ3) is 10.5. The molecule has 0 aliphatic carbocycles. The molecule has 3 aliphatic rings. The van der Waals surface area contributed by atoms with E-state index in [1.54, 1.807) is 45.1 Å². The van der Waals surface area contributed by atoms with Gasteiger partial charge in [-0.25, -0.2) is 4.79 Å². The normalized spacial score (nSPS) is 45.7. The predicted molar refractivity (Wildman–Crippen MR) is 178 cm³/mol. The van der Waals surface area contributed by atoms with Gasteiger partial charge in [-0.15, -0.1) is 0 Å². The summed E-state index contributed by atoms with van der Waals surface area (Å²) in [6, 6.07) is 0. The fraction of sp³-hybridized carbons (Fsp3) is 0.778. The Labute approximate surface area is 290 Å². The maximum absolute atomic E-state index is 13.1. The van der Waals surface area contributed by atoms with E-state index in [1.807, 2.05) is 20.8 Å². The number of carbonyl (C=O) groups is 2. The molecule has 0 aromatic rings. The zero-order valence-corrected chi connectivity index (χ0v) is 30.2. The fourth-order valence-corrected chi connectivity index (χ4v) is 6.80. The molecule has 2 fully saturated rings. The molecule has 4 N–H and O–H groups in total. The molecule has 3 aliphatic heterocycles. The minimum absolute atomic E-state index is 0.0142. The van der Waals surface area contributed by atoms with Crippen LogP contribution in [0.3, 0.4) is 0 Å². The average Bonchev–Trinajstić information content (AvgIpc) is 3.04. The van der Waals surface area contributed by atoms with Gasteiger partial charge in [-0.2, -0.15) is 0 Å². The number of hydrogen-bond acceptors (Lipinski definition) is 13. The zero-order valence-electron chi connectivity index (χ0n) is 30.2. The number of aliphatic hydroxyl groups is 4. The molecule has 0 aromatic heterocycles. The molecule has 4 unspecified atom stereocenters. The molecule has 0 aromatic carbocycles. The number of aliphatic hydroxyl groups excluding tert-OH is 3. The molecule has 16 atom stereocenters. The van der Waals surface area contributed by atoms with Gasteiger partial charge in [0, 0.05) is 44.5 Å². The lowest BCUT2D eigenvalue weighted by atomic mass is 9.82.